The number of carboxylic acids is 1. The first-order valence-corrected chi connectivity index (χ1v) is 8.29. The summed E-state index contributed by atoms with van der Waals surface area (Å²) < 4.78 is 5.54. The van der Waals surface area contributed by atoms with Crippen LogP contribution in [0, 0.1) is 6.92 Å². The number of rotatable bonds is 3. The van der Waals surface area contributed by atoms with Gasteiger partial charge in [0.2, 0.25) is 0 Å². The molecule has 5 nitrogen and oxygen atoms in total. The number of fused-ring (bicyclic) bond motifs is 1. The van der Waals surface area contributed by atoms with Crippen LogP contribution < -0.4 is 5.32 Å². The van der Waals surface area contributed by atoms with Gasteiger partial charge in [0.15, 0.2) is 5.76 Å². The van der Waals surface area contributed by atoms with Gasteiger partial charge in [-0.25, -0.2) is 4.79 Å². The number of hydrogen-bond acceptors (Lipinski definition) is 4. The molecule has 22 heavy (non-hydrogen) atoms. The molecule has 0 atom stereocenters. The normalized spacial score (nSPS) is 17.3. The van der Waals surface area contributed by atoms with E-state index in [9.17, 15) is 14.7 Å². The van der Waals surface area contributed by atoms with E-state index in [0.29, 0.717) is 18.4 Å². The highest BCUT2D eigenvalue weighted by Gasteiger charge is 2.41. The number of carbonyl (C=O) groups excluding carboxylic acids is 1. The molecule has 2 heterocycles. The van der Waals surface area contributed by atoms with E-state index in [-0.39, 0.29) is 5.76 Å². The molecular weight excluding hydrogens is 302 g/mol. The maximum absolute atomic E-state index is 12.4. The number of carboxylic acid groups (broad SMARTS) is 1. The highest BCUT2D eigenvalue weighted by molar-refractivity contribution is 7.99. The lowest BCUT2D eigenvalue weighted by Gasteiger charge is -2.33. The monoisotopic (exact) mass is 319 g/mol. The van der Waals surface area contributed by atoms with Gasteiger partial charge in [-0.2, -0.15) is 11.8 Å². The number of furan rings is 1. The van der Waals surface area contributed by atoms with Gasteiger partial charge in [0.25, 0.3) is 5.91 Å². The molecule has 6 heteroatoms. The number of hydrogen-bond donors (Lipinski definition) is 2. The summed E-state index contributed by atoms with van der Waals surface area (Å²) in [5.74, 6) is 0.161. The Balaban J connectivity index is 1.86. The minimum atomic E-state index is -1.18. The molecule has 0 bridgehead atoms. The lowest BCUT2D eigenvalue weighted by Crippen LogP contribution is -2.56. The SMILES string of the molecule is Cc1ccc2oc(C(=O)NC3(C(=O)O)CCSCC3)cc2c1. The lowest BCUT2D eigenvalue weighted by molar-refractivity contribution is -0.144. The zero-order valence-corrected chi connectivity index (χ0v) is 13.0. The topological polar surface area (TPSA) is 79.5 Å². The van der Waals surface area contributed by atoms with Crippen molar-refractivity contribution in [3.8, 4) is 0 Å². The summed E-state index contributed by atoms with van der Waals surface area (Å²) in [5.41, 5.74) is 0.517. The number of nitrogens with one attached hydrogen (secondary N) is 1. The molecule has 1 aliphatic rings. The molecule has 0 aliphatic carbocycles. The van der Waals surface area contributed by atoms with Crippen LogP contribution in [0.4, 0.5) is 0 Å². The van der Waals surface area contributed by atoms with Crippen LogP contribution in [0.15, 0.2) is 28.7 Å². The molecule has 1 amide bonds. The Morgan fingerprint density at radius 2 is 2.00 bits per heavy atom. The van der Waals surface area contributed by atoms with Crippen molar-refractivity contribution in [2.75, 3.05) is 11.5 Å². The first kappa shape index (κ1) is 15.0. The van der Waals surface area contributed by atoms with Crippen molar-refractivity contribution in [1.82, 2.24) is 5.32 Å². The Labute approximate surface area is 132 Å². The van der Waals surface area contributed by atoms with Crippen LogP contribution in [-0.4, -0.2) is 34.0 Å². The quantitative estimate of drug-likeness (QED) is 0.909. The van der Waals surface area contributed by atoms with E-state index in [1.54, 1.807) is 17.8 Å². The fourth-order valence-corrected chi connectivity index (χ4v) is 3.86. The average Bonchev–Trinajstić information content (AvgIpc) is 2.91. The van der Waals surface area contributed by atoms with Crippen LogP contribution >= 0.6 is 11.8 Å². The van der Waals surface area contributed by atoms with E-state index in [1.165, 1.54) is 0 Å². The molecule has 0 saturated carbocycles. The van der Waals surface area contributed by atoms with Gasteiger partial charge in [0, 0.05) is 5.39 Å². The summed E-state index contributed by atoms with van der Waals surface area (Å²) >= 11 is 1.70. The number of carbonyl (C=O) groups is 2. The Morgan fingerprint density at radius 1 is 1.27 bits per heavy atom. The van der Waals surface area contributed by atoms with Crippen molar-refractivity contribution in [2.24, 2.45) is 0 Å². The third-order valence-electron chi connectivity index (χ3n) is 4.00. The summed E-state index contributed by atoms with van der Waals surface area (Å²) in [4.78, 5) is 24.0. The molecule has 0 spiro atoms. The molecule has 1 aromatic carbocycles. The van der Waals surface area contributed by atoms with Crippen LogP contribution in [-0.2, 0) is 4.79 Å². The van der Waals surface area contributed by atoms with E-state index < -0.39 is 17.4 Å². The first-order valence-electron chi connectivity index (χ1n) is 7.14. The first-order chi connectivity index (χ1) is 10.5. The maximum atomic E-state index is 12.4. The van der Waals surface area contributed by atoms with Crippen LogP contribution in [0.3, 0.4) is 0 Å². The molecule has 1 fully saturated rings. The molecule has 0 unspecified atom stereocenters. The molecular formula is C16H17NO4S. The molecule has 1 saturated heterocycles. The fraction of sp³-hybridized carbons (Fsp3) is 0.375. The van der Waals surface area contributed by atoms with E-state index in [2.05, 4.69) is 5.32 Å². The van der Waals surface area contributed by atoms with Crippen LogP contribution in [0.1, 0.15) is 29.0 Å². The highest BCUT2D eigenvalue weighted by Crippen LogP contribution is 2.28. The molecule has 0 radical (unpaired) electrons. The number of thioether (sulfide) groups is 1. The predicted octanol–water partition coefficient (Wildman–Crippen LogP) is 2.82. The van der Waals surface area contributed by atoms with E-state index in [1.807, 2.05) is 25.1 Å². The molecule has 2 aromatic rings. The van der Waals surface area contributed by atoms with Crippen molar-refractivity contribution in [3.05, 3.63) is 35.6 Å². The van der Waals surface area contributed by atoms with E-state index >= 15 is 0 Å². The van der Waals surface area contributed by atoms with Gasteiger partial charge < -0.3 is 14.8 Å². The Hall–Kier alpha value is -1.95. The van der Waals surface area contributed by atoms with Gasteiger partial charge in [0.05, 0.1) is 0 Å². The van der Waals surface area contributed by atoms with Gasteiger partial charge in [-0.1, -0.05) is 11.6 Å². The predicted molar refractivity (Wildman–Crippen MR) is 85.3 cm³/mol. The lowest BCUT2D eigenvalue weighted by atomic mass is 9.92. The second kappa shape index (κ2) is 5.68. The van der Waals surface area contributed by atoms with E-state index in [0.717, 1.165) is 22.5 Å². The maximum Gasteiger partial charge on any atom is 0.329 e. The largest absolute Gasteiger partial charge is 0.480 e. The summed E-state index contributed by atoms with van der Waals surface area (Å²) in [6.45, 7) is 1.96. The smallest absolute Gasteiger partial charge is 0.329 e. The molecule has 1 aromatic heterocycles. The van der Waals surface area contributed by atoms with Gasteiger partial charge >= 0.3 is 5.97 Å². The van der Waals surface area contributed by atoms with Crippen molar-refractivity contribution < 1.29 is 19.1 Å². The molecule has 116 valence electrons. The Morgan fingerprint density at radius 3 is 2.68 bits per heavy atom. The minimum absolute atomic E-state index is 0.152. The fourth-order valence-electron chi connectivity index (χ4n) is 2.67. The van der Waals surface area contributed by atoms with Gasteiger partial charge in [-0.05, 0) is 49.5 Å². The minimum Gasteiger partial charge on any atom is -0.480 e. The average molecular weight is 319 g/mol. The van der Waals surface area contributed by atoms with Crippen LogP contribution in [0.5, 0.6) is 0 Å². The zero-order chi connectivity index (χ0) is 15.7. The third-order valence-corrected chi connectivity index (χ3v) is 4.99. The molecule has 1 aliphatic heterocycles. The second-order valence-corrected chi connectivity index (χ2v) is 6.83. The van der Waals surface area contributed by atoms with Gasteiger partial charge in [-0.15, -0.1) is 0 Å². The Bertz CT molecular complexity index is 731. The second-order valence-electron chi connectivity index (χ2n) is 5.61. The van der Waals surface area contributed by atoms with Gasteiger partial charge in [0.1, 0.15) is 11.1 Å². The van der Waals surface area contributed by atoms with Gasteiger partial charge in [-0.3, -0.25) is 4.79 Å². The standard InChI is InChI=1S/C16H17NO4S/c1-10-2-3-12-11(8-10)9-13(21-12)14(18)17-16(15(19)20)4-6-22-7-5-16/h2-3,8-9H,4-7H2,1H3,(H,17,18)(H,19,20). The number of benzene rings is 1. The summed E-state index contributed by atoms with van der Waals surface area (Å²) in [6.07, 6.45) is 0.857. The number of amides is 1. The number of aliphatic carboxylic acids is 1. The third kappa shape index (κ3) is 2.70. The van der Waals surface area contributed by atoms with E-state index in [4.69, 9.17) is 4.42 Å². The highest BCUT2D eigenvalue weighted by atomic mass is 32.2. The Kier molecular flexibility index (Phi) is 3.87. The summed E-state index contributed by atoms with van der Waals surface area (Å²) in [5, 5.41) is 13.0. The molecule has 2 N–H and O–H groups in total. The summed E-state index contributed by atoms with van der Waals surface area (Å²) in [7, 11) is 0. The van der Waals surface area contributed by atoms with Crippen molar-refractivity contribution in [1.29, 1.82) is 0 Å². The van der Waals surface area contributed by atoms with Crippen molar-refractivity contribution in [2.45, 2.75) is 25.3 Å². The van der Waals surface area contributed by atoms with Crippen molar-refractivity contribution >= 4 is 34.6 Å². The van der Waals surface area contributed by atoms with Crippen LogP contribution in [0.25, 0.3) is 11.0 Å². The zero-order valence-electron chi connectivity index (χ0n) is 12.2. The van der Waals surface area contributed by atoms with Crippen LogP contribution in [0.2, 0.25) is 0 Å². The molecule has 3 rings (SSSR count). The summed E-state index contributed by atoms with van der Waals surface area (Å²) in [6, 6.07) is 7.31. The van der Waals surface area contributed by atoms with Crippen molar-refractivity contribution in [3.63, 3.8) is 0 Å². The number of aryl methyl sites for hydroxylation is 1.